The van der Waals surface area contributed by atoms with Gasteiger partial charge in [0.05, 0.1) is 6.10 Å². The van der Waals surface area contributed by atoms with E-state index in [-0.39, 0.29) is 12.0 Å². The highest BCUT2D eigenvalue weighted by Gasteiger charge is 2.27. The number of carbonyl (C=O) groups excluding carboxylic acids is 1. The monoisotopic (exact) mass is 253 g/mol. The Labute approximate surface area is 111 Å². The van der Waals surface area contributed by atoms with Crippen molar-refractivity contribution in [3.63, 3.8) is 0 Å². The van der Waals surface area contributed by atoms with E-state index in [0.29, 0.717) is 12.2 Å². The number of carbonyl (C=O) groups is 1. The standard InChI is InChI=1S/C15H27NO2/c1-2-13-10-16(8-7-15(13)18)11-14(17)9-12-5-3-4-6-12/h12-14,17H,2-11H2,1H3. The first kappa shape index (κ1) is 14.0. The molecule has 0 bridgehead atoms. The molecule has 0 amide bonds. The van der Waals surface area contributed by atoms with Crippen LogP contribution in [0.4, 0.5) is 0 Å². The number of nitrogens with zero attached hydrogens (tertiary/aromatic N) is 1. The molecule has 1 saturated heterocycles. The molecule has 18 heavy (non-hydrogen) atoms. The van der Waals surface area contributed by atoms with E-state index in [2.05, 4.69) is 11.8 Å². The number of aliphatic hydroxyl groups excluding tert-OH is 1. The highest BCUT2D eigenvalue weighted by molar-refractivity contribution is 5.82. The summed E-state index contributed by atoms with van der Waals surface area (Å²) in [6.07, 6.45) is 7.66. The summed E-state index contributed by atoms with van der Waals surface area (Å²) in [5.41, 5.74) is 0. The molecule has 1 saturated carbocycles. The first-order valence-electron chi connectivity index (χ1n) is 7.62. The van der Waals surface area contributed by atoms with Crippen molar-refractivity contribution < 1.29 is 9.90 Å². The molecule has 2 fully saturated rings. The van der Waals surface area contributed by atoms with Gasteiger partial charge in [0.25, 0.3) is 0 Å². The molecule has 0 radical (unpaired) electrons. The lowest BCUT2D eigenvalue weighted by molar-refractivity contribution is -0.126. The third-order valence-electron chi connectivity index (χ3n) is 4.65. The van der Waals surface area contributed by atoms with Crippen LogP contribution in [-0.4, -0.2) is 41.5 Å². The zero-order chi connectivity index (χ0) is 13.0. The van der Waals surface area contributed by atoms with E-state index in [1.165, 1.54) is 25.7 Å². The van der Waals surface area contributed by atoms with Crippen LogP contribution in [0, 0.1) is 11.8 Å². The molecule has 0 spiro atoms. The third kappa shape index (κ3) is 3.79. The minimum absolute atomic E-state index is 0.196. The van der Waals surface area contributed by atoms with Crippen LogP contribution in [0.1, 0.15) is 51.9 Å². The number of ketones is 1. The van der Waals surface area contributed by atoms with Crippen molar-refractivity contribution in [1.29, 1.82) is 0 Å². The number of aliphatic hydroxyl groups is 1. The third-order valence-corrected chi connectivity index (χ3v) is 4.65. The number of hydrogen-bond acceptors (Lipinski definition) is 3. The molecule has 3 heteroatoms. The number of hydrogen-bond donors (Lipinski definition) is 1. The van der Waals surface area contributed by atoms with Crippen molar-refractivity contribution >= 4 is 5.78 Å². The molecular weight excluding hydrogens is 226 g/mol. The molecule has 0 aromatic rings. The maximum atomic E-state index is 11.6. The van der Waals surface area contributed by atoms with Crippen molar-refractivity contribution in [2.24, 2.45) is 11.8 Å². The lowest BCUT2D eigenvalue weighted by atomic mass is 9.93. The molecule has 3 nitrogen and oxygen atoms in total. The van der Waals surface area contributed by atoms with E-state index in [4.69, 9.17) is 0 Å². The van der Waals surface area contributed by atoms with Gasteiger partial charge in [0.15, 0.2) is 0 Å². The largest absolute Gasteiger partial charge is 0.392 e. The Balaban J connectivity index is 1.73. The predicted octanol–water partition coefficient (Wildman–Crippen LogP) is 2.23. The molecule has 2 atom stereocenters. The Morgan fingerprint density at radius 2 is 2.11 bits per heavy atom. The molecule has 1 heterocycles. The molecule has 1 aliphatic carbocycles. The number of rotatable bonds is 5. The minimum Gasteiger partial charge on any atom is -0.392 e. The van der Waals surface area contributed by atoms with Crippen LogP contribution in [0.15, 0.2) is 0 Å². The van der Waals surface area contributed by atoms with Crippen LogP contribution >= 0.6 is 0 Å². The summed E-state index contributed by atoms with van der Waals surface area (Å²) in [5, 5.41) is 10.2. The molecule has 1 aliphatic heterocycles. The maximum Gasteiger partial charge on any atom is 0.138 e. The van der Waals surface area contributed by atoms with Crippen molar-refractivity contribution in [2.45, 2.75) is 58.0 Å². The normalized spacial score (nSPS) is 28.8. The van der Waals surface area contributed by atoms with Crippen LogP contribution in [0.3, 0.4) is 0 Å². The van der Waals surface area contributed by atoms with Crippen molar-refractivity contribution in [1.82, 2.24) is 4.90 Å². The predicted molar refractivity (Wildman–Crippen MR) is 72.4 cm³/mol. The summed E-state index contributed by atoms with van der Waals surface area (Å²) in [5.74, 6) is 1.37. The van der Waals surface area contributed by atoms with Crippen LogP contribution in [0.25, 0.3) is 0 Å². The van der Waals surface area contributed by atoms with Gasteiger partial charge in [-0.15, -0.1) is 0 Å². The summed E-state index contributed by atoms with van der Waals surface area (Å²) in [6, 6.07) is 0. The number of likely N-dealkylation sites (tertiary alicyclic amines) is 1. The van der Waals surface area contributed by atoms with Gasteiger partial charge in [-0.3, -0.25) is 9.69 Å². The SMILES string of the molecule is CCC1CN(CC(O)CC2CCCC2)CCC1=O. The Morgan fingerprint density at radius 3 is 2.78 bits per heavy atom. The van der Waals surface area contributed by atoms with Gasteiger partial charge >= 0.3 is 0 Å². The lowest BCUT2D eigenvalue weighted by Gasteiger charge is -2.33. The van der Waals surface area contributed by atoms with Crippen LogP contribution in [0.5, 0.6) is 0 Å². The van der Waals surface area contributed by atoms with E-state index in [9.17, 15) is 9.90 Å². The van der Waals surface area contributed by atoms with Crippen LogP contribution < -0.4 is 0 Å². The Hall–Kier alpha value is -0.410. The minimum atomic E-state index is -0.196. The lowest BCUT2D eigenvalue weighted by Crippen LogP contribution is -2.44. The molecule has 104 valence electrons. The van der Waals surface area contributed by atoms with Gasteiger partial charge in [-0.05, 0) is 18.8 Å². The first-order chi connectivity index (χ1) is 8.69. The smallest absolute Gasteiger partial charge is 0.138 e. The molecule has 2 aliphatic rings. The van der Waals surface area contributed by atoms with E-state index in [0.717, 1.165) is 38.4 Å². The second kappa shape index (κ2) is 6.67. The molecule has 2 unspecified atom stereocenters. The Bertz CT molecular complexity index is 274. The summed E-state index contributed by atoms with van der Waals surface area (Å²) in [6.45, 7) is 4.55. The van der Waals surface area contributed by atoms with Crippen molar-refractivity contribution in [3.05, 3.63) is 0 Å². The average Bonchev–Trinajstić information content (AvgIpc) is 2.84. The topological polar surface area (TPSA) is 40.5 Å². The molecule has 0 aromatic heterocycles. The highest BCUT2D eigenvalue weighted by atomic mass is 16.3. The highest BCUT2D eigenvalue weighted by Crippen LogP contribution is 2.29. The molecule has 2 rings (SSSR count). The zero-order valence-corrected chi connectivity index (χ0v) is 11.6. The van der Waals surface area contributed by atoms with Crippen molar-refractivity contribution in [2.75, 3.05) is 19.6 Å². The van der Waals surface area contributed by atoms with Gasteiger partial charge < -0.3 is 5.11 Å². The fourth-order valence-corrected chi connectivity index (χ4v) is 3.50. The molecule has 1 N–H and O–H groups in total. The first-order valence-corrected chi connectivity index (χ1v) is 7.62. The van der Waals surface area contributed by atoms with E-state index in [1.54, 1.807) is 0 Å². The van der Waals surface area contributed by atoms with Gasteiger partial charge in [-0.1, -0.05) is 32.6 Å². The zero-order valence-electron chi connectivity index (χ0n) is 11.6. The number of β-amino-alcohol motifs (C(OH)–C–C–N with tert-alkyl or cyclic N) is 1. The quantitative estimate of drug-likeness (QED) is 0.817. The van der Waals surface area contributed by atoms with Gasteiger partial charge in [0, 0.05) is 32.0 Å². The summed E-state index contributed by atoms with van der Waals surface area (Å²) >= 11 is 0. The second-order valence-electron chi connectivity index (χ2n) is 6.12. The average molecular weight is 253 g/mol. The van der Waals surface area contributed by atoms with Gasteiger partial charge in [0.2, 0.25) is 0 Å². The van der Waals surface area contributed by atoms with Gasteiger partial charge in [-0.2, -0.15) is 0 Å². The summed E-state index contributed by atoms with van der Waals surface area (Å²) < 4.78 is 0. The Kier molecular flexibility index (Phi) is 5.19. The number of Topliss-reactive ketones (excluding diaryl/α,β-unsaturated/α-hetero) is 1. The van der Waals surface area contributed by atoms with E-state index < -0.39 is 0 Å². The summed E-state index contributed by atoms with van der Waals surface area (Å²) in [4.78, 5) is 13.9. The van der Waals surface area contributed by atoms with E-state index >= 15 is 0 Å². The summed E-state index contributed by atoms with van der Waals surface area (Å²) in [7, 11) is 0. The second-order valence-corrected chi connectivity index (χ2v) is 6.12. The van der Waals surface area contributed by atoms with E-state index in [1.807, 2.05) is 0 Å². The molecular formula is C15H27NO2. The van der Waals surface area contributed by atoms with Crippen molar-refractivity contribution in [3.8, 4) is 0 Å². The van der Waals surface area contributed by atoms with Gasteiger partial charge in [0.1, 0.15) is 5.78 Å². The maximum absolute atomic E-state index is 11.6. The van der Waals surface area contributed by atoms with Crippen LogP contribution in [0.2, 0.25) is 0 Å². The Morgan fingerprint density at radius 1 is 1.39 bits per heavy atom. The van der Waals surface area contributed by atoms with Gasteiger partial charge in [-0.25, -0.2) is 0 Å². The number of piperidine rings is 1. The van der Waals surface area contributed by atoms with Crippen LogP contribution in [-0.2, 0) is 4.79 Å². The fourth-order valence-electron chi connectivity index (χ4n) is 3.50. The molecule has 0 aromatic carbocycles. The fraction of sp³-hybridized carbons (Fsp3) is 0.933.